The van der Waals surface area contributed by atoms with Crippen molar-refractivity contribution in [3.05, 3.63) is 16.1 Å². The van der Waals surface area contributed by atoms with Gasteiger partial charge in [-0.3, -0.25) is 0 Å². The summed E-state index contributed by atoms with van der Waals surface area (Å²) in [5.74, 6) is -1.12. The van der Waals surface area contributed by atoms with Crippen LogP contribution in [0.5, 0.6) is 0 Å². The van der Waals surface area contributed by atoms with Crippen LogP contribution in [0.1, 0.15) is 29.3 Å². The molecule has 0 aliphatic rings. The number of carbonyl (C=O) groups is 1. The summed E-state index contributed by atoms with van der Waals surface area (Å²) in [5.41, 5.74) is -0.0722. The fourth-order valence-electron chi connectivity index (χ4n) is 1.30. The van der Waals surface area contributed by atoms with Crippen molar-refractivity contribution in [3.63, 3.8) is 0 Å². The number of rotatable bonds is 7. The Morgan fingerprint density at radius 3 is 2.56 bits per heavy atom. The summed E-state index contributed by atoms with van der Waals surface area (Å²) in [6.07, 6.45) is 0. The summed E-state index contributed by atoms with van der Waals surface area (Å²) in [6.45, 7) is 4.24. The topological polar surface area (TPSA) is 99.6 Å². The van der Waals surface area contributed by atoms with E-state index in [2.05, 4.69) is 9.71 Å². The number of aromatic carboxylic acids is 1. The Labute approximate surface area is 110 Å². The van der Waals surface area contributed by atoms with Crippen molar-refractivity contribution < 1.29 is 18.3 Å². The summed E-state index contributed by atoms with van der Waals surface area (Å²) < 4.78 is 27.2. The molecule has 0 saturated heterocycles. The van der Waals surface area contributed by atoms with E-state index in [-0.39, 0.29) is 12.2 Å². The molecule has 0 atom stereocenters. The maximum atomic E-state index is 11.8. The molecule has 0 fully saturated rings. The van der Waals surface area contributed by atoms with Gasteiger partial charge in [0.1, 0.15) is 5.01 Å². The SMILES string of the molecule is CCN(CC)S(=O)(=O)NCc1nc(C(=O)O)cs1. The van der Waals surface area contributed by atoms with Gasteiger partial charge in [0.05, 0.1) is 6.54 Å². The lowest BCUT2D eigenvalue weighted by Crippen LogP contribution is -2.40. The third-order valence-corrected chi connectivity index (χ3v) is 4.78. The van der Waals surface area contributed by atoms with Crippen molar-refractivity contribution >= 4 is 27.5 Å². The van der Waals surface area contributed by atoms with E-state index < -0.39 is 16.2 Å². The van der Waals surface area contributed by atoms with Crippen LogP contribution < -0.4 is 4.72 Å². The lowest BCUT2D eigenvalue weighted by Gasteiger charge is -2.18. The Balaban J connectivity index is 2.66. The van der Waals surface area contributed by atoms with Crippen LogP contribution in [-0.4, -0.2) is 41.9 Å². The molecule has 0 spiro atoms. The Bertz CT molecular complexity index is 508. The normalized spacial score (nSPS) is 11.9. The molecule has 18 heavy (non-hydrogen) atoms. The highest BCUT2D eigenvalue weighted by Crippen LogP contribution is 2.10. The highest BCUT2D eigenvalue weighted by atomic mass is 32.2. The van der Waals surface area contributed by atoms with Crippen LogP contribution in [0.25, 0.3) is 0 Å². The van der Waals surface area contributed by atoms with E-state index in [4.69, 9.17) is 5.11 Å². The predicted molar refractivity (Wildman–Crippen MR) is 67.8 cm³/mol. The highest BCUT2D eigenvalue weighted by Gasteiger charge is 2.18. The molecule has 1 aromatic heterocycles. The van der Waals surface area contributed by atoms with E-state index in [0.717, 1.165) is 11.3 Å². The van der Waals surface area contributed by atoms with Gasteiger partial charge in [-0.2, -0.15) is 17.4 Å². The zero-order valence-corrected chi connectivity index (χ0v) is 11.7. The Morgan fingerprint density at radius 2 is 2.11 bits per heavy atom. The lowest BCUT2D eigenvalue weighted by molar-refractivity contribution is 0.0691. The molecule has 7 nitrogen and oxygen atoms in total. The van der Waals surface area contributed by atoms with Gasteiger partial charge in [-0.15, -0.1) is 11.3 Å². The fraction of sp³-hybridized carbons (Fsp3) is 0.556. The highest BCUT2D eigenvalue weighted by molar-refractivity contribution is 7.87. The van der Waals surface area contributed by atoms with Crippen LogP contribution in [0.15, 0.2) is 5.38 Å². The van der Waals surface area contributed by atoms with Crippen LogP contribution >= 0.6 is 11.3 Å². The first-order valence-corrected chi connectivity index (χ1v) is 7.65. The first-order valence-electron chi connectivity index (χ1n) is 5.33. The molecule has 0 bridgehead atoms. The summed E-state index contributed by atoms with van der Waals surface area (Å²) in [6, 6.07) is 0. The third kappa shape index (κ3) is 3.73. The van der Waals surface area contributed by atoms with Crippen molar-refractivity contribution in [2.45, 2.75) is 20.4 Å². The number of hydrogen-bond acceptors (Lipinski definition) is 5. The number of carboxylic acids is 1. The number of nitrogens with zero attached hydrogens (tertiary/aromatic N) is 2. The molecule has 1 aromatic rings. The Kier molecular flexibility index (Phi) is 5.20. The van der Waals surface area contributed by atoms with Crippen molar-refractivity contribution in [1.82, 2.24) is 14.0 Å². The van der Waals surface area contributed by atoms with Gasteiger partial charge in [-0.25, -0.2) is 9.78 Å². The van der Waals surface area contributed by atoms with Crippen molar-refractivity contribution in [3.8, 4) is 0 Å². The number of hydrogen-bond donors (Lipinski definition) is 2. The van der Waals surface area contributed by atoms with Crippen LogP contribution in [0.4, 0.5) is 0 Å². The van der Waals surface area contributed by atoms with E-state index in [1.165, 1.54) is 9.69 Å². The first kappa shape index (κ1) is 15.0. The molecule has 0 saturated carbocycles. The van der Waals surface area contributed by atoms with E-state index in [1.807, 2.05) is 0 Å². The average molecular weight is 293 g/mol. The van der Waals surface area contributed by atoms with E-state index in [0.29, 0.717) is 18.1 Å². The monoisotopic (exact) mass is 293 g/mol. The molecule has 0 amide bonds. The summed E-state index contributed by atoms with van der Waals surface area (Å²) in [4.78, 5) is 14.4. The number of aromatic nitrogens is 1. The molecule has 1 rings (SSSR count). The zero-order valence-electron chi connectivity index (χ0n) is 10.1. The van der Waals surface area contributed by atoms with Crippen LogP contribution in [0, 0.1) is 0 Å². The maximum absolute atomic E-state index is 11.8. The van der Waals surface area contributed by atoms with Crippen molar-refractivity contribution in [2.24, 2.45) is 0 Å². The second kappa shape index (κ2) is 6.23. The molecular weight excluding hydrogens is 278 g/mol. The Morgan fingerprint density at radius 1 is 1.50 bits per heavy atom. The van der Waals surface area contributed by atoms with E-state index in [9.17, 15) is 13.2 Å². The number of nitrogens with one attached hydrogen (secondary N) is 1. The van der Waals surface area contributed by atoms with Gasteiger partial charge in [0, 0.05) is 18.5 Å². The van der Waals surface area contributed by atoms with Crippen LogP contribution in [0.3, 0.4) is 0 Å². The molecule has 9 heteroatoms. The van der Waals surface area contributed by atoms with E-state index in [1.54, 1.807) is 13.8 Å². The first-order chi connectivity index (χ1) is 8.40. The Hall–Kier alpha value is -1.03. The van der Waals surface area contributed by atoms with Gasteiger partial charge in [-0.1, -0.05) is 13.8 Å². The minimum Gasteiger partial charge on any atom is -0.476 e. The smallest absolute Gasteiger partial charge is 0.355 e. The predicted octanol–water partition coefficient (Wildman–Crippen LogP) is 0.518. The minimum atomic E-state index is -3.53. The molecular formula is C9H15N3O4S2. The summed E-state index contributed by atoms with van der Waals surface area (Å²) in [5, 5.41) is 10.5. The maximum Gasteiger partial charge on any atom is 0.355 e. The number of thiazole rings is 1. The molecule has 0 radical (unpaired) electrons. The fourth-order valence-corrected chi connectivity index (χ4v) is 3.28. The van der Waals surface area contributed by atoms with Crippen LogP contribution in [-0.2, 0) is 16.8 Å². The molecule has 102 valence electrons. The van der Waals surface area contributed by atoms with Crippen LogP contribution in [0.2, 0.25) is 0 Å². The van der Waals surface area contributed by atoms with Crippen molar-refractivity contribution in [2.75, 3.05) is 13.1 Å². The molecule has 0 aliphatic carbocycles. The molecule has 0 unspecified atom stereocenters. The van der Waals surface area contributed by atoms with Crippen molar-refractivity contribution in [1.29, 1.82) is 0 Å². The minimum absolute atomic E-state index is 0.00319. The molecule has 0 aliphatic heterocycles. The quantitative estimate of drug-likeness (QED) is 0.763. The van der Waals surface area contributed by atoms with Gasteiger partial charge < -0.3 is 5.11 Å². The lowest BCUT2D eigenvalue weighted by atomic mass is 10.5. The second-order valence-electron chi connectivity index (χ2n) is 3.34. The standard InChI is InChI=1S/C9H15N3O4S2/c1-3-12(4-2)18(15,16)10-5-8-11-7(6-17-8)9(13)14/h6,10H,3-5H2,1-2H3,(H,13,14). The molecule has 0 aromatic carbocycles. The largest absolute Gasteiger partial charge is 0.476 e. The van der Waals surface area contributed by atoms with Gasteiger partial charge in [0.2, 0.25) is 0 Å². The summed E-state index contributed by atoms with van der Waals surface area (Å²) >= 11 is 1.11. The average Bonchev–Trinajstić information content (AvgIpc) is 2.76. The molecule has 1 heterocycles. The molecule has 2 N–H and O–H groups in total. The summed E-state index contributed by atoms with van der Waals surface area (Å²) in [7, 11) is -3.53. The van der Waals surface area contributed by atoms with Gasteiger partial charge >= 0.3 is 5.97 Å². The van der Waals surface area contributed by atoms with Gasteiger partial charge in [-0.05, 0) is 0 Å². The number of carboxylic acid groups (broad SMARTS) is 1. The zero-order chi connectivity index (χ0) is 13.8. The van der Waals surface area contributed by atoms with Gasteiger partial charge in [0.15, 0.2) is 5.69 Å². The third-order valence-electron chi connectivity index (χ3n) is 2.22. The van der Waals surface area contributed by atoms with Gasteiger partial charge in [0.25, 0.3) is 10.2 Å². The van der Waals surface area contributed by atoms with E-state index >= 15 is 0 Å². The second-order valence-corrected chi connectivity index (χ2v) is 6.04.